The number of nitrogens with zero attached hydrogens (tertiary/aromatic N) is 1. The van der Waals surface area contributed by atoms with Crippen LogP contribution in [-0.4, -0.2) is 42.9 Å². The van der Waals surface area contributed by atoms with E-state index in [1.165, 1.54) is 0 Å². The number of hydrogen-bond donors (Lipinski definition) is 2. The molecule has 1 aromatic carbocycles. The third kappa shape index (κ3) is 4.10. The number of hydrogen-bond acceptors (Lipinski definition) is 6. The lowest BCUT2D eigenvalue weighted by Gasteiger charge is -2.10. The van der Waals surface area contributed by atoms with Gasteiger partial charge >= 0.3 is 11.8 Å². The summed E-state index contributed by atoms with van der Waals surface area (Å²) in [6.45, 7) is 1.86. The summed E-state index contributed by atoms with van der Waals surface area (Å²) >= 11 is 0. The number of nitrogens with one attached hydrogen (secondary N) is 2. The van der Waals surface area contributed by atoms with Crippen LogP contribution in [0.2, 0.25) is 0 Å². The smallest absolute Gasteiger partial charge is 0.309 e. The minimum atomic E-state index is -3.12. The van der Waals surface area contributed by atoms with E-state index in [4.69, 9.17) is 4.52 Å². The molecule has 9 heteroatoms. The molecule has 1 aromatic heterocycles. The molecule has 1 unspecified atom stereocenters. The number of carbonyl (C=O) groups excluding carboxylic acids is 2. The lowest BCUT2D eigenvalue weighted by atomic mass is 10.1. The van der Waals surface area contributed by atoms with Crippen molar-refractivity contribution in [1.29, 1.82) is 0 Å². The molecular weight excluding hydrogens is 358 g/mol. The van der Waals surface area contributed by atoms with Crippen molar-refractivity contribution in [3.8, 4) is 11.3 Å². The second-order valence-corrected chi connectivity index (χ2v) is 8.43. The van der Waals surface area contributed by atoms with Crippen LogP contribution < -0.4 is 10.6 Å². The first-order chi connectivity index (χ1) is 12.4. The molecule has 2 amide bonds. The Bertz CT molecular complexity index is 921. The van der Waals surface area contributed by atoms with Crippen molar-refractivity contribution < 1.29 is 22.5 Å². The highest BCUT2D eigenvalue weighted by Crippen LogP contribution is 2.25. The topological polar surface area (TPSA) is 118 Å². The number of carbonyl (C=O) groups is 2. The van der Waals surface area contributed by atoms with Gasteiger partial charge in [0, 0.05) is 17.2 Å². The van der Waals surface area contributed by atoms with Gasteiger partial charge in [-0.3, -0.25) is 9.59 Å². The van der Waals surface area contributed by atoms with E-state index in [-0.39, 0.29) is 18.1 Å². The van der Waals surface area contributed by atoms with E-state index in [0.29, 0.717) is 17.9 Å². The fourth-order valence-corrected chi connectivity index (χ4v) is 4.47. The zero-order chi connectivity index (χ0) is 18.7. The van der Waals surface area contributed by atoms with Crippen LogP contribution in [0.1, 0.15) is 17.7 Å². The van der Waals surface area contributed by atoms with Crippen molar-refractivity contribution in [2.75, 3.05) is 11.5 Å². The van der Waals surface area contributed by atoms with Gasteiger partial charge in [-0.1, -0.05) is 35.5 Å². The van der Waals surface area contributed by atoms with E-state index in [9.17, 15) is 18.0 Å². The van der Waals surface area contributed by atoms with Crippen molar-refractivity contribution in [2.24, 2.45) is 0 Å². The average molecular weight is 377 g/mol. The standard InChI is InChI=1S/C17H19N3O5S/c1-11-14(20-25-15(11)12-5-3-2-4-6-12)9-18-16(21)17(22)19-13-7-8-26(23,24)10-13/h2-6,13H,7-10H2,1H3,(H,18,21)(H,19,22). The summed E-state index contributed by atoms with van der Waals surface area (Å²) in [7, 11) is -3.12. The van der Waals surface area contributed by atoms with Gasteiger partial charge < -0.3 is 15.2 Å². The van der Waals surface area contributed by atoms with Crippen LogP contribution in [0.3, 0.4) is 0 Å². The Labute approximate surface area is 150 Å². The Balaban J connectivity index is 1.56. The van der Waals surface area contributed by atoms with E-state index < -0.39 is 27.7 Å². The molecule has 0 radical (unpaired) electrons. The number of rotatable bonds is 4. The quantitative estimate of drug-likeness (QED) is 0.752. The van der Waals surface area contributed by atoms with Crippen LogP contribution in [0.4, 0.5) is 0 Å². The van der Waals surface area contributed by atoms with Gasteiger partial charge in [-0.25, -0.2) is 8.42 Å². The van der Waals surface area contributed by atoms with E-state index in [1.807, 2.05) is 37.3 Å². The fourth-order valence-electron chi connectivity index (χ4n) is 2.80. The van der Waals surface area contributed by atoms with Crippen LogP contribution in [0.25, 0.3) is 11.3 Å². The molecule has 1 fully saturated rings. The van der Waals surface area contributed by atoms with Crippen LogP contribution in [0.5, 0.6) is 0 Å². The van der Waals surface area contributed by atoms with E-state index in [0.717, 1.165) is 11.1 Å². The molecule has 26 heavy (non-hydrogen) atoms. The van der Waals surface area contributed by atoms with Crippen LogP contribution >= 0.6 is 0 Å². The molecule has 1 atom stereocenters. The molecular formula is C17H19N3O5S. The van der Waals surface area contributed by atoms with Crippen LogP contribution in [0.15, 0.2) is 34.9 Å². The SMILES string of the molecule is Cc1c(CNC(=O)C(=O)NC2CCS(=O)(=O)C2)noc1-c1ccccc1. The summed E-state index contributed by atoms with van der Waals surface area (Å²) in [5.41, 5.74) is 2.17. The van der Waals surface area contributed by atoms with Crippen molar-refractivity contribution in [3.05, 3.63) is 41.6 Å². The number of amides is 2. The molecule has 3 rings (SSSR count). The Morgan fingerprint density at radius 2 is 1.96 bits per heavy atom. The van der Waals surface area contributed by atoms with E-state index >= 15 is 0 Å². The van der Waals surface area contributed by atoms with Crippen molar-refractivity contribution >= 4 is 21.7 Å². The predicted octanol–water partition coefficient (Wildman–Crippen LogP) is 0.570. The van der Waals surface area contributed by atoms with Gasteiger partial charge in [-0.2, -0.15) is 0 Å². The normalized spacial score (nSPS) is 18.4. The van der Waals surface area contributed by atoms with Gasteiger partial charge in [0.15, 0.2) is 15.6 Å². The van der Waals surface area contributed by atoms with Gasteiger partial charge in [0.05, 0.1) is 18.1 Å². The van der Waals surface area contributed by atoms with E-state index in [1.54, 1.807) is 0 Å². The zero-order valence-corrected chi connectivity index (χ0v) is 15.0. The molecule has 2 heterocycles. The predicted molar refractivity (Wildman–Crippen MR) is 93.7 cm³/mol. The Hall–Kier alpha value is -2.68. The molecule has 0 aliphatic carbocycles. The molecule has 138 valence electrons. The first-order valence-electron chi connectivity index (χ1n) is 8.15. The average Bonchev–Trinajstić information content (AvgIpc) is 3.15. The second kappa shape index (κ2) is 7.28. The van der Waals surface area contributed by atoms with Crippen molar-refractivity contribution in [3.63, 3.8) is 0 Å². The van der Waals surface area contributed by atoms with Crippen LogP contribution in [0, 0.1) is 6.92 Å². The first-order valence-corrected chi connectivity index (χ1v) is 9.97. The highest BCUT2D eigenvalue weighted by molar-refractivity contribution is 7.91. The molecule has 1 saturated heterocycles. The van der Waals surface area contributed by atoms with Gasteiger partial charge in [-0.05, 0) is 13.3 Å². The summed E-state index contributed by atoms with van der Waals surface area (Å²) in [6.07, 6.45) is 0.324. The van der Waals surface area contributed by atoms with E-state index in [2.05, 4.69) is 15.8 Å². The molecule has 0 saturated carbocycles. The molecule has 8 nitrogen and oxygen atoms in total. The maximum atomic E-state index is 11.9. The first kappa shape index (κ1) is 18.1. The number of aromatic nitrogens is 1. The van der Waals surface area contributed by atoms with Gasteiger partial charge in [0.25, 0.3) is 0 Å². The summed E-state index contributed by atoms with van der Waals surface area (Å²) in [6, 6.07) is 8.91. The molecule has 2 N–H and O–H groups in total. The van der Waals surface area contributed by atoms with Crippen LogP contribution in [-0.2, 0) is 26.0 Å². The third-order valence-electron chi connectivity index (χ3n) is 4.25. The lowest BCUT2D eigenvalue weighted by Crippen LogP contribution is -2.44. The third-order valence-corrected chi connectivity index (χ3v) is 6.01. The minimum Gasteiger partial charge on any atom is -0.356 e. The Morgan fingerprint density at radius 3 is 2.62 bits per heavy atom. The Morgan fingerprint density at radius 1 is 1.23 bits per heavy atom. The highest BCUT2D eigenvalue weighted by atomic mass is 32.2. The summed E-state index contributed by atoms with van der Waals surface area (Å²) in [4.78, 5) is 23.8. The maximum Gasteiger partial charge on any atom is 0.309 e. The molecule has 0 bridgehead atoms. The van der Waals surface area contributed by atoms with Crippen molar-refractivity contribution in [2.45, 2.75) is 25.9 Å². The molecule has 2 aromatic rings. The second-order valence-electron chi connectivity index (χ2n) is 6.21. The summed E-state index contributed by atoms with van der Waals surface area (Å²) < 4.78 is 28.1. The fraction of sp³-hybridized carbons (Fsp3) is 0.353. The van der Waals surface area contributed by atoms with Gasteiger partial charge in [0.2, 0.25) is 0 Å². The highest BCUT2D eigenvalue weighted by Gasteiger charge is 2.30. The van der Waals surface area contributed by atoms with Gasteiger partial charge in [0.1, 0.15) is 5.69 Å². The molecule has 1 aliphatic heterocycles. The maximum absolute atomic E-state index is 11.9. The molecule has 0 spiro atoms. The lowest BCUT2D eigenvalue weighted by molar-refractivity contribution is -0.139. The molecule has 1 aliphatic rings. The zero-order valence-electron chi connectivity index (χ0n) is 14.2. The largest absolute Gasteiger partial charge is 0.356 e. The number of sulfone groups is 1. The monoisotopic (exact) mass is 377 g/mol. The summed E-state index contributed by atoms with van der Waals surface area (Å²) in [5.74, 6) is -1.18. The van der Waals surface area contributed by atoms with Gasteiger partial charge in [-0.15, -0.1) is 0 Å². The van der Waals surface area contributed by atoms with Crippen molar-refractivity contribution in [1.82, 2.24) is 15.8 Å². The number of benzene rings is 1. The Kier molecular flexibility index (Phi) is 5.08. The minimum absolute atomic E-state index is 0.0277. The summed E-state index contributed by atoms with van der Waals surface area (Å²) in [5, 5.41) is 8.86.